The van der Waals surface area contributed by atoms with Crippen molar-refractivity contribution in [3.8, 4) is 17.4 Å². The van der Waals surface area contributed by atoms with Crippen molar-refractivity contribution in [2.75, 3.05) is 0 Å². The number of hydrogen-bond donors (Lipinski definition) is 1. The summed E-state index contributed by atoms with van der Waals surface area (Å²) in [5.41, 5.74) is 0.620. The molecule has 0 aliphatic rings. The normalized spacial score (nSPS) is 10.7. The maximum atomic E-state index is 12.6. The summed E-state index contributed by atoms with van der Waals surface area (Å²) >= 11 is 0. The molecule has 7 nitrogen and oxygen atoms in total. The summed E-state index contributed by atoms with van der Waals surface area (Å²) in [6, 6.07) is 6.03. The molecule has 3 heterocycles. The number of aromatic amines is 1. The number of ether oxygens (including phenoxy) is 1. The molecule has 0 amide bonds. The van der Waals surface area contributed by atoms with E-state index in [1.807, 2.05) is 27.7 Å². The van der Waals surface area contributed by atoms with Crippen molar-refractivity contribution >= 4 is 10.9 Å². The third-order valence-electron chi connectivity index (χ3n) is 4.21. The van der Waals surface area contributed by atoms with Crippen molar-refractivity contribution in [2.24, 2.45) is 7.05 Å². The lowest BCUT2D eigenvalue weighted by Crippen LogP contribution is -2.12. The van der Waals surface area contributed by atoms with Gasteiger partial charge in [-0.25, -0.2) is 4.98 Å². The smallest absolute Gasteiger partial charge is 0.416 e. The number of aromatic nitrogens is 5. The molecule has 0 unspecified atom stereocenters. The maximum Gasteiger partial charge on any atom is 0.416 e. The first-order valence-electron chi connectivity index (χ1n) is 10.5. The second-order valence-electron chi connectivity index (χ2n) is 6.33. The third kappa shape index (κ3) is 6.18. The molecule has 3 aromatic heterocycles. The molecule has 176 valence electrons. The number of aryl methyl sites for hydroxylation is 1. The molecule has 0 fully saturated rings. The molecule has 0 saturated heterocycles. The molecule has 0 aliphatic carbocycles. The minimum Gasteiger partial charge on any atom is -0.460 e. The first-order chi connectivity index (χ1) is 15.8. The number of halogens is 3. The number of fused-ring (bicyclic) bond motifs is 1. The molecule has 0 atom stereocenters. The Hall–Kier alpha value is -3.69. The molecular formula is C23H26F3N5O2. The average Bonchev–Trinajstić information content (AvgIpc) is 3.26. The van der Waals surface area contributed by atoms with Gasteiger partial charge in [0.25, 0.3) is 11.6 Å². The standard InChI is InChI=1S/C19H14F3N5O2.2C2H6/c1-27-8-14(24-10-27)16-15-13(6-7-23-16)17(28)26-18(25-15)29-9-11-2-4-12(5-3-11)19(20,21)22;2*1-2/h2-8,10H,9H2,1H3,(H,25,26,28);2*1-2H3. The van der Waals surface area contributed by atoms with Gasteiger partial charge in [0.2, 0.25) is 0 Å². The van der Waals surface area contributed by atoms with Crippen molar-refractivity contribution in [3.05, 3.63) is 70.5 Å². The van der Waals surface area contributed by atoms with Gasteiger partial charge in [0.1, 0.15) is 23.5 Å². The summed E-state index contributed by atoms with van der Waals surface area (Å²) < 4.78 is 45.2. The zero-order valence-electron chi connectivity index (χ0n) is 19.1. The van der Waals surface area contributed by atoms with Gasteiger partial charge in [-0.15, -0.1) is 0 Å². The van der Waals surface area contributed by atoms with Crippen molar-refractivity contribution in [1.82, 2.24) is 24.5 Å². The van der Waals surface area contributed by atoms with E-state index in [-0.39, 0.29) is 12.6 Å². The van der Waals surface area contributed by atoms with Crippen LogP contribution < -0.4 is 10.3 Å². The SMILES string of the molecule is CC.CC.Cn1cnc(-c2nccc3c(=O)[nH]c(OCc4ccc(C(F)(F)F)cc4)nc23)c1. The van der Waals surface area contributed by atoms with Gasteiger partial charge in [-0.3, -0.25) is 14.8 Å². The van der Waals surface area contributed by atoms with Crippen LogP contribution in [0.2, 0.25) is 0 Å². The number of imidazole rings is 1. The van der Waals surface area contributed by atoms with Crippen molar-refractivity contribution < 1.29 is 17.9 Å². The van der Waals surface area contributed by atoms with E-state index >= 15 is 0 Å². The fraction of sp³-hybridized carbons (Fsp3) is 0.304. The van der Waals surface area contributed by atoms with Crippen LogP contribution in [0, 0.1) is 0 Å². The summed E-state index contributed by atoms with van der Waals surface area (Å²) in [6.45, 7) is 7.94. The topological polar surface area (TPSA) is 85.7 Å². The third-order valence-corrected chi connectivity index (χ3v) is 4.21. The summed E-state index contributed by atoms with van der Waals surface area (Å²) in [5.74, 6) is 0. The molecule has 0 radical (unpaired) electrons. The Morgan fingerprint density at radius 2 is 1.70 bits per heavy atom. The molecule has 1 aromatic carbocycles. The predicted octanol–water partition coefficient (Wildman–Crippen LogP) is 5.37. The number of pyridine rings is 1. The molecule has 0 saturated carbocycles. The van der Waals surface area contributed by atoms with Gasteiger partial charge in [-0.2, -0.15) is 18.2 Å². The van der Waals surface area contributed by atoms with Gasteiger partial charge in [0.15, 0.2) is 0 Å². The first kappa shape index (κ1) is 25.6. The summed E-state index contributed by atoms with van der Waals surface area (Å²) in [7, 11) is 1.81. The van der Waals surface area contributed by atoms with E-state index in [1.54, 1.807) is 24.1 Å². The molecule has 0 bridgehead atoms. The minimum absolute atomic E-state index is 0.0624. The monoisotopic (exact) mass is 461 g/mol. The van der Waals surface area contributed by atoms with E-state index in [9.17, 15) is 18.0 Å². The number of H-pyrrole nitrogens is 1. The highest BCUT2D eigenvalue weighted by atomic mass is 19.4. The van der Waals surface area contributed by atoms with E-state index in [2.05, 4.69) is 19.9 Å². The van der Waals surface area contributed by atoms with Gasteiger partial charge in [-0.05, 0) is 23.8 Å². The lowest BCUT2D eigenvalue weighted by atomic mass is 10.1. The van der Waals surface area contributed by atoms with Gasteiger partial charge in [0, 0.05) is 19.4 Å². The van der Waals surface area contributed by atoms with Crippen LogP contribution in [-0.4, -0.2) is 24.5 Å². The molecule has 10 heteroatoms. The number of nitrogens with zero attached hydrogens (tertiary/aromatic N) is 4. The van der Waals surface area contributed by atoms with Crippen LogP contribution in [0.1, 0.15) is 38.8 Å². The molecule has 0 aliphatic heterocycles. The Balaban J connectivity index is 0.000000914. The second-order valence-corrected chi connectivity index (χ2v) is 6.33. The number of alkyl halides is 3. The van der Waals surface area contributed by atoms with Crippen molar-refractivity contribution in [2.45, 2.75) is 40.5 Å². The van der Waals surface area contributed by atoms with Crippen LogP contribution in [0.15, 0.2) is 53.8 Å². The number of benzene rings is 1. The van der Waals surface area contributed by atoms with E-state index in [0.717, 1.165) is 12.1 Å². The van der Waals surface area contributed by atoms with E-state index in [0.29, 0.717) is 27.9 Å². The first-order valence-corrected chi connectivity index (χ1v) is 10.5. The van der Waals surface area contributed by atoms with Crippen molar-refractivity contribution in [3.63, 3.8) is 0 Å². The molecule has 33 heavy (non-hydrogen) atoms. The van der Waals surface area contributed by atoms with Crippen LogP contribution >= 0.6 is 0 Å². The molecule has 4 aromatic rings. The largest absolute Gasteiger partial charge is 0.460 e. The molecule has 1 N–H and O–H groups in total. The Kier molecular flexibility index (Phi) is 8.72. The van der Waals surface area contributed by atoms with Gasteiger partial charge in [0.05, 0.1) is 17.3 Å². The summed E-state index contributed by atoms with van der Waals surface area (Å²) in [5, 5.41) is 0.322. The van der Waals surface area contributed by atoms with Crippen LogP contribution in [0.4, 0.5) is 13.2 Å². The quantitative estimate of drug-likeness (QED) is 0.442. The van der Waals surface area contributed by atoms with Crippen LogP contribution in [0.25, 0.3) is 22.3 Å². The highest BCUT2D eigenvalue weighted by Crippen LogP contribution is 2.29. The lowest BCUT2D eigenvalue weighted by molar-refractivity contribution is -0.137. The number of hydrogen-bond acceptors (Lipinski definition) is 5. The highest BCUT2D eigenvalue weighted by molar-refractivity contribution is 5.89. The van der Waals surface area contributed by atoms with E-state index in [4.69, 9.17) is 4.74 Å². The molecule has 4 rings (SSSR count). The van der Waals surface area contributed by atoms with Gasteiger partial charge < -0.3 is 9.30 Å². The minimum atomic E-state index is -4.40. The maximum absolute atomic E-state index is 12.6. The Labute approximate surface area is 189 Å². The Bertz CT molecular complexity index is 1230. The van der Waals surface area contributed by atoms with Crippen LogP contribution in [0.3, 0.4) is 0 Å². The highest BCUT2D eigenvalue weighted by Gasteiger charge is 2.29. The lowest BCUT2D eigenvalue weighted by Gasteiger charge is -2.09. The fourth-order valence-electron chi connectivity index (χ4n) is 2.78. The fourth-order valence-corrected chi connectivity index (χ4v) is 2.78. The summed E-state index contributed by atoms with van der Waals surface area (Å²) in [6.07, 6.45) is 0.434. The van der Waals surface area contributed by atoms with Gasteiger partial charge in [-0.1, -0.05) is 39.8 Å². The zero-order chi connectivity index (χ0) is 24.6. The molecular weight excluding hydrogens is 435 g/mol. The van der Waals surface area contributed by atoms with E-state index in [1.165, 1.54) is 24.4 Å². The number of nitrogens with one attached hydrogen (secondary N) is 1. The zero-order valence-corrected chi connectivity index (χ0v) is 19.1. The average molecular weight is 461 g/mol. The van der Waals surface area contributed by atoms with Crippen LogP contribution in [0.5, 0.6) is 6.01 Å². The van der Waals surface area contributed by atoms with Gasteiger partial charge >= 0.3 is 6.18 Å². The second kappa shape index (κ2) is 11.3. The predicted molar refractivity (Wildman–Crippen MR) is 121 cm³/mol. The Morgan fingerprint density at radius 1 is 1.03 bits per heavy atom. The number of rotatable bonds is 4. The Morgan fingerprint density at radius 3 is 2.27 bits per heavy atom. The molecule has 0 spiro atoms. The van der Waals surface area contributed by atoms with E-state index < -0.39 is 17.3 Å². The summed E-state index contributed by atoms with van der Waals surface area (Å²) in [4.78, 5) is 27.7. The van der Waals surface area contributed by atoms with Crippen LogP contribution in [-0.2, 0) is 19.8 Å². The van der Waals surface area contributed by atoms with Crippen molar-refractivity contribution in [1.29, 1.82) is 0 Å².